The van der Waals surface area contributed by atoms with E-state index < -0.39 is 12.5 Å². The van der Waals surface area contributed by atoms with Crippen molar-refractivity contribution in [3.63, 3.8) is 0 Å². The molecule has 35 heavy (non-hydrogen) atoms. The third kappa shape index (κ3) is 4.69. The van der Waals surface area contributed by atoms with Gasteiger partial charge in [-0.1, -0.05) is 0 Å². The standard InChI is InChI=1S/C24H26F4N6O/c1-13(2)34-14(3)30-22-19(25)10-15(11-20(22)34)18-8-9-33-21(18)12-29-23(32-33)31-16-4-6-17(7-5-16)35-24(26,27)28/h8-13,16-17H,4-7H2,1-3H3,(H,31,32)/t16-,17+. The average Bonchev–Trinajstić information content (AvgIpc) is 3.34. The lowest BCUT2D eigenvalue weighted by molar-refractivity contribution is -0.345. The van der Waals surface area contributed by atoms with Crippen molar-refractivity contribution in [3.05, 3.63) is 42.2 Å². The summed E-state index contributed by atoms with van der Waals surface area (Å²) in [7, 11) is 0. The SMILES string of the molecule is Cc1nc2c(F)cc(-c3ccn4nc(N[C@H]5CC[C@@H](OC(F)(F)F)CC5)ncc34)cc2n1C(C)C. The largest absolute Gasteiger partial charge is 0.522 e. The van der Waals surface area contributed by atoms with Crippen molar-refractivity contribution in [2.45, 2.75) is 71.0 Å². The third-order valence-electron chi connectivity index (χ3n) is 6.48. The molecular formula is C24H26F4N6O. The molecule has 4 aromatic rings. The molecule has 0 saturated heterocycles. The van der Waals surface area contributed by atoms with Crippen LogP contribution in [0, 0.1) is 12.7 Å². The van der Waals surface area contributed by atoms with E-state index in [1.54, 1.807) is 16.9 Å². The second-order valence-corrected chi connectivity index (χ2v) is 9.27. The quantitative estimate of drug-likeness (QED) is 0.346. The zero-order valence-electron chi connectivity index (χ0n) is 19.6. The number of benzene rings is 1. The molecule has 7 nitrogen and oxygen atoms in total. The van der Waals surface area contributed by atoms with Gasteiger partial charge in [-0.3, -0.25) is 4.74 Å². The maximum absolute atomic E-state index is 14.9. The van der Waals surface area contributed by atoms with E-state index in [2.05, 4.69) is 25.1 Å². The fourth-order valence-electron chi connectivity index (χ4n) is 4.98. The first-order valence-electron chi connectivity index (χ1n) is 11.6. The summed E-state index contributed by atoms with van der Waals surface area (Å²) < 4.78 is 60.0. The van der Waals surface area contributed by atoms with Crippen molar-refractivity contribution in [2.75, 3.05) is 5.32 Å². The minimum absolute atomic E-state index is 0.0355. The molecule has 1 aliphatic carbocycles. The number of anilines is 1. The highest BCUT2D eigenvalue weighted by atomic mass is 19.4. The number of rotatable bonds is 5. The number of imidazole rings is 1. The van der Waals surface area contributed by atoms with Gasteiger partial charge in [0.2, 0.25) is 5.95 Å². The maximum Gasteiger partial charge on any atom is 0.522 e. The summed E-state index contributed by atoms with van der Waals surface area (Å²) in [6, 6.07) is 5.36. The fourth-order valence-corrected chi connectivity index (χ4v) is 4.98. The number of fused-ring (bicyclic) bond motifs is 2. The highest BCUT2D eigenvalue weighted by Crippen LogP contribution is 2.32. The molecule has 0 aliphatic heterocycles. The van der Waals surface area contributed by atoms with Crippen LogP contribution in [0.25, 0.3) is 27.7 Å². The molecule has 0 unspecified atom stereocenters. The summed E-state index contributed by atoms with van der Waals surface area (Å²) in [5, 5.41) is 7.71. The van der Waals surface area contributed by atoms with E-state index in [0.717, 1.165) is 16.9 Å². The molecule has 0 bridgehead atoms. The second kappa shape index (κ2) is 8.78. The Hall–Kier alpha value is -3.21. The summed E-state index contributed by atoms with van der Waals surface area (Å²) in [4.78, 5) is 8.80. The molecule has 1 saturated carbocycles. The van der Waals surface area contributed by atoms with E-state index in [-0.39, 0.29) is 17.9 Å². The first kappa shape index (κ1) is 23.5. The monoisotopic (exact) mass is 490 g/mol. The van der Waals surface area contributed by atoms with Gasteiger partial charge in [0.05, 0.1) is 23.3 Å². The molecule has 11 heteroatoms. The number of hydrogen-bond donors (Lipinski definition) is 1. The lowest BCUT2D eigenvalue weighted by Crippen LogP contribution is -2.33. The van der Waals surface area contributed by atoms with Gasteiger partial charge in [-0.05, 0) is 70.2 Å². The summed E-state index contributed by atoms with van der Waals surface area (Å²) in [6.07, 6.45) is -0.290. The van der Waals surface area contributed by atoms with Gasteiger partial charge in [-0.25, -0.2) is 18.9 Å². The van der Waals surface area contributed by atoms with E-state index in [0.29, 0.717) is 48.2 Å². The minimum atomic E-state index is -4.61. The molecule has 0 amide bonds. The molecular weight excluding hydrogens is 464 g/mol. The fraction of sp³-hybridized carbons (Fsp3) is 0.458. The second-order valence-electron chi connectivity index (χ2n) is 9.27. The normalized spacial score (nSPS) is 19.2. The van der Waals surface area contributed by atoms with E-state index in [4.69, 9.17) is 0 Å². The number of nitrogens with one attached hydrogen (secondary N) is 1. The van der Waals surface area contributed by atoms with Gasteiger partial charge in [0.1, 0.15) is 11.3 Å². The molecule has 0 spiro atoms. The van der Waals surface area contributed by atoms with Gasteiger partial charge in [0.15, 0.2) is 5.82 Å². The van der Waals surface area contributed by atoms with Crippen molar-refractivity contribution in [2.24, 2.45) is 0 Å². The minimum Gasteiger partial charge on any atom is -0.350 e. The summed E-state index contributed by atoms with van der Waals surface area (Å²) in [5.41, 5.74) is 3.28. The van der Waals surface area contributed by atoms with Crippen LogP contribution < -0.4 is 5.32 Å². The smallest absolute Gasteiger partial charge is 0.350 e. The van der Waals surface area contributed by atoms with E-state index in [1.165, 1.54) is 6.07 Å². The Morgan fingerprint density at radius 1 is 1.11 bits per heavy atom. The van der Waals surface area contributed by atoms with Crippen molar-refractivity contribution >= 4 is 22.5 Å². The molecule has 0 atom stereocenters. The van der Waals surface area contributed by atoms with Crippen molar-refractivity contribution in [3.8, 4) is 11.1 Å². The topological polar surface area (TPSA) is 69.3 Å². The maximum atomic E-state index is 14.9. The summed E-state index contributed by atoms with van der Waals surface area (Å²) in [5.74, 6) is 0.754. The van der Waals surface area contributed by atoms with Crippen LogP contribution in [0.5, 0.6) is 0 Å². The Morgan fingerprint density at radius 2 is 1.86 bits per heavy atom. The third-order valence-corrected chi connectivity index (χ3v) is 6.48. The van der Waals surface area contributed by atoms with Crippen LogP contribution in [-0.2, 0) is 4.74 Å². The molecule has 0 radical (unpaired) electrons. The lowest BCUT2D eigenvalue weighted by atomic mass is 9.93. The van der Waals surface area contributed by atoms with E-state index in [1.807, 2.05) is 37.5 Å². The summed E-state index contributed by atoms with van der Waals surface area (Å²) >= 11 is 0. The molecule has 3 aromatic heterocycles. The van der Waals surface area contributed by atoms with Crippen molar-refractivity contribution < 1.29 is 22.3 Å². The number of alkyl halides is 3. The van der Waals surface area contributed by atoms with Crippen LogP contribution in [0.4, 0.5) is 23.5 Å². The first-order chi connectivity index (χ1) is 16.6. The van der Waals surface area contributed by atoms with Gasteiger partial charge in [-0.2, -0.15) is 0 Å². The lowest BCUT2D eigenvalue weighted by Gasteiger charge is -2.29. The van der Waals surface area contributed by atoms with Crippen molar-refractivity contribution in [1.29, 1.82) is 0 Å². The van der Waals surface area contributed by atoms with Gasteiger partial charge in [0, 0.05) is 23.8 Å². The van der Waals surface area contributed by atoms with Crippen LogP contribution >= 0.6 is 0 Å². The molecule has 1 aromatic carbocycles. The molecule has 1 N–H and O–H groups in total. The molecule has 186 valence electrons. The predicted molar refractivity (Wildman–Crippen MR) is 124 cm³/mol. The Bertz CT molecular complexity index is 1370. The number of ether oxygens (including phenoxy) is 1. The van der Waals surface area contributed by atoms with Crippen molar-refractivity contribution in [1.82, 2.24) is 24.1 Å². The van der Waals surface area contributed by atoms with Gasteiger partial charge >= 0.3 is 6.36 Å². The number of halogens is 4. The van der Waals surface area contributed by atoms with Gasteiger partial charge in [-0.15, -0.1) is 18.3 Å². The van der Waals surface area contributed by atoms with E-state index >= 15 is 0 Å². The highest BCUT2D eigenvalue weighted by molar-refractivity contribution is 5.88. The Kier molecular flexibility index (Phi) is 5.90. The highest BCUT2D eigenvalue weighted by Gasteiger charge is 2.35. The summed E-state index contributed by atoms with van der Waals surface area (Å²) in [6.45, 7) is 5.93. The number of hydrogen-bond acceptors (Lipinski definition) is 5. The van der Waals surface area contributed by atoms with Crippen LogP contribution in [0.3, 0.4) is 0 Å². The Balaban J connectivity index is 1.37. The van der Waals surface area contributed by atoms with Crippen LogP contribution in [0.1, 0.15) is 51.4 Å². The zero-order valence-corrected chi connectivity index (χ0v) is 19.6. The first-order valence-corrected chi connectivity index (χ1v) is 11.6. The van der Waals surface area contributed by atoms with Crippen LogP contribution in [0.15, 0.2) is 30.6 Å². The average molecular weight is 491 g/mol. The zero-order chi connectivity index (χ0) is 24.9. The molecule has 1 fully saturated rings. The predicted octanol–water partition coefficient (Wildman–Crippen LogP) is 6.03. The molecule has 5 rings (SSSR count). The van der Waals surface area contributed by atoms with E-state index in [9.17, 15) is 17.6 Å². The van der Waals surface area contributed by atoms with Crippen LogP contribution in [-0.4, -0.2) is 42.7 Å². The van der Waals surface area contributed by atoms with Crippen LogP contribution in [0.2, 0.25) is 0 Å². The molecule has 3 heterocycles. The Labute approximate surface area is 199 Å². The molecule has 1 aliphatic rings. The van der Waals surface area contributed by atoms with Gasteiger partial charge < -0.3 is 9.88 Å². The Morgan fingerprint density at radius 3 is 2.54 bits per heavy atom. The van der Waals surface area contributed by atoms with Gasteiger partial charge in [0.25, 0.3) is 0 Å². The number of aromatic nitrogens is 5. The number of aryl methyl sites for hydroxylation is 1. The number of nitrogens with zero attached hydrogens (tertiary/aromatic N) is 5.